The molecule has 0 aliphatic rings. The summed E-state index contributed by atoms with van der Waals surface area (Å²) >= 11 is 0. The largest absolute Gasteiger partial charge is 0.480 e. The van der Waals surface area contributed by atoms with Crippen molar-refractivity contribution in [2.24, 2.45) is 5.92 Å². The number of carbonyl (C=O) groups excluding carboxylic acids is 1. The van der Waals surface area contributed by atoms with E-state index in [2.05, 4.69) is 0 Å². The number of carboxylic acids is 1. The zero-order chi connectivity index (χ0) is 14.6. The number of carbonyl (C=O) groups is 2. The summed E-state index contributed by atoms with van der Waals surface area (Å²) < 4.78 is 13.0. The van der Waals surface area contributed by atoms with E-state index in [1.807, 2.05) is 13.8 Å². The first kappa shape index (κ1) is 15.1. The average molecular weight is 267 g/mol. The predicted octanol–water partition coefficient (Wildman–Crippen LogP) is 2.32. The van der Waals surface area contributed by atoms with Crippen molar-refractivity contribution in [3.05, 3.63) is 35.1 Å². The summed E-state index contributed by atoms with van der Waals surface area (Å²) in [5.74, 6) is -1.70. The molecule has 0 fully saturated rings. The normalized spacial score (nSPS) is 10.6. The maximum Gasteiger partial charge on any atom is 0.323 e. The molecular weight excluding hydrogens is 249 g/mol. The quantitative estimate of drug-likeness (QED) is 0.890. The maximum absolute atomic E-state index is 13.0. The van der Waals surface area contributed by atoms with Gasteiger partial charge >= 0.3 is 5.97 Å². The summed E-state index contributed by atoms with van der Waals surface area (Å²) in [5, 5.41) is 8.85. The molecule has 1 rings (SSSR count). The van der Waals surface area contributed by atoms with E-state index in [1.54, 1.807) is 6.92 Å². The molecule has 1 aromatic carbocycles. The van der Waals surface area contributed by atoms with Gasteiger partial charge in [-0.05, 0) is 36.6 Å². The van der Waals surface area contributed by atoms with Crippen LogP contribution in [-0.2, 0) is 4.79 Å². The first-order valence-corrected chi connectivity index (χ1v) is 6.08. The molecule has 0 aliphatic carbocycles. The van der Waals surface area contributed by atoms with Crippen LogP contribution < -0.4 is 0 Å². The van der Waals surface area contributed by atoms with Crippen LogP contribution in [0.5, 0.6) is 0 Å². The zero-order valence-corrected chi connectivity index (χ0v) is 11.3. The third kappa shape index (κ3) is 4.35. The van der Waals surface area contributed by atoms with Gasteiger partial charge in [-0.2, -0.15) is 0 Å². The summed E-state index contributed by atoms with van der Waals surface area (Å²) in [6.45, 7) is 5.43. The molecular formula is C14H18FNO3. The van der Waals surface area contributed by atoms with E-state index in [9.17, 15) is 14.0 Å². The first-order chi connectivity index (χ1) is 8.81. The Kier molecular flexibility index (Phi) is 5.03. The Hall–Kier alpha value is -1.91. The molecule has 0 spiro atoms. The number of halogens is 1. The lowest BCUT2D eigenvalue weighted by atomic mass is 10.1. The topological polar surface area (TPSA) is 57.6 Å². The van der Waals surface area contributed by atoms with Crippen molar-refractivity contribution >= 4 is 11.9 Å². The molecule has 0 unspecified atom stereocenters. The molecule has 104 valence electrons. The highest BCUT2D eigenvalue weighted by atomic mass is 19.1. The van der Waals surface area contributed by atoms with Crippen LogP contribution in [-0.4, -0.2) is 35.0 Å². The van der Waals surface area contributed by atoms with Crippen molar-refractivity contribution in [2.45, 2.75) is 20.8 Å². The molecule has 4 nitrogen and oxygen atoms in total. The van der Waals surface area contributed by atoms with Crippen LogP contribution in [0.15, 0.2) is 18.2 Å². The number of benzene rings is 1. The molecule has 1 amide bonds. The van der Waals surface area contributed by atoms with E-state index >= 15 is 0 Å². The van der Waals surface area contributed by atoms with Gasteiger partial charge in [0.25, 0.3) is 5.91 Å². The van der Waals surface area contributed by atoms with E-state index < -0.39 is 11.8 Å². The molecule has 0 heterocycles. The van der Waals surface area contributed by atoms with Crippen LogP contribution in [0.2, 0.25) is 0 Å². The van der Waals surface area contributed by atoms with Gasteiger partial charge in [-0.3, -0.25) is 9.59 Å². The fraction of sp³-hybridized carbons (Fsp3) is 0.429. The Morgan fingerprint density at radius 1 is 1.37 bits per heavy atom. The van der Waals surface area contributed by atoms with Gasteiger partial charge < -0.3 is 10.0 Å². The van der Waals surface area contributed by atoms with Gasteiger partial charge in [-0.25, -0.2) is 4.39 Å². The molecule has 0 radical (unpaired) electrons. The first-order valence-electron chi connectivity index (χ1n) is 6.08. The number of aryl methyl sites for hydroxylation is 1. The third-order valence-electron chi connectivity index (χ3n) is 2.62. The van der Waals surface area contributed by atoms with Gasteiger partial charge in [0.2, 0.25) is 0 Å². The van der Waals surface area contributed by atoms with Crippen molar-refractivity contribution in [1.82, 2.24) is 4.90 Å². The zero-order valence-electron chi connectivity index (χ0n) is 11.3. The van der Waals surface area contributed by atoms with E-state index in [4.69, 9.17) is 5.11 Å². The van der Waals surface area contributed by atoms with Crippen molar-refractivity contribution in [2.75, 3.05) is 13.1 Å². The number of hydrogen-bond donors (Lipinski definition) is 1. The SMILES string of the molecule is Cc1cc(F)ccc1C(=O)N(CC(=O)O)CC(C)C. The molecule has 1 N–H and O–H groups in total. The number of nitrogens with zero attached hydrogens (tertiary/aromatic N) is 1. The second-order valence-corrected chi connectivity index (χ2v) is 4.93. The average Bonchev–Trinajstić information content (AvgIpc) is 2.26. The molecule has 0 aromatic heterocycles. The van der Waals surface area contributed by atoms with Crippen molar-refractivity contribution in [1.29, 1.82) is 0 Å². The van der Waals surface area contributed by atoms with Gasteiger partial charge in [-0.1, -0.05) is 13.8 Å². The highest BCUT2D eigenvalue weighted by molar-refractivity contribution is 5.97. The molecule has 0 atom stereocenters. The van der Waals surface area contributed by atoms with E-state index in [0.29, 0.717) is 17.7 Å². The number of carboxylic acid groups (broad SMARTS) is 1. The predicted molar refractivity (Wildman–Crippen MR) is 69.5 cm³/mol. The Balaban J connectivity index is 3.00. The summed E-state index contributed by atoms with van der Waals surface area (Å²) in [6.07, 6.45) is 0. The lowest BCUT2D eigenvalue weighted by Gasteiger charge is -2.23. The van der Waals surface area contributed by atoms with Gasteiger partial charge in [0.15, 0.2) is 0 Å². The smallest absolute Gasteiger partial charge is 0.323 e. The van der Waals surface area contributed by atoms with Gasteiger partial charge in [-0.15, -0.1) is 0 Å². The van der Waals surface area contributed by atoms with E-state index in [0.717, 1.165) is 0 Å². The molecule has 0 saturated heterocycles. The Bertz CT molecular complexity index is 486. The van der Waals surface area contributed by atoms with Gasteiger partial charge in [0.05, 0.1) is 0 Å². The Labute approximate surface area is 111 Å². The summed E-state index contributed by atoms with van der Waals surface area (Å²) in [5.41, 5.74) is 0.840. The number of amides is 1. The van der Waals surface area contributed by atoms with E-state index in [1.165, 1.54) is 23.1 Å². The van der Waals surface area contributed by atoms with Crippen LogP contribution in [0.3, 0.4) is 0 Å². The Morgan fingerprint density at radius 3 is 2.47 bits per heavy atom. The van der Waals surface area contributed by atoms with Crippen LogP contribution >= 0.6 is 0 Å². The van der Waals surface area contributed by atoms with Crippen LogP contribution in [0.1, 0.15) is 29.8 Å². The van der Waals surface area contributed by atoms with Crippen molar-refractivity contribution in [3.63, 3.8) is 0 Å². The second kappa shape index (κ2) is 6.31. The number of rotatable bonds is 5. The summed E-state index contributed by atoms with van der Waals surface area (Å²) in [7, 11) is 0. The number of aliphatic carboxylic acids is 1. The fourth-order valence-electron chi connectivity index (χ4n) is 1.86. The minimum atomic E-state index is -1.06. The lowest BCUT2D eigenvalue weighted by molar-refractivity contribution is -0.137. The van der Waals surface area contributed by atoms with Crippen LogP contribution in [0.25, 0.3) is 0 Å². The highest BCUT2D eigenvalue weighted by Crippen LogP contribution is 2.14. The molecule has 0 saturated carbocycles. The molecule has 19 heavy (non-hydrogen) atoms. The molecule has 0 aliphatic heterocycles. The molecule has 1 aromatic rings. The maximum atomic E-state index is 13.0. The second-order valence-electron chi connectivity index (χ2n) is 4.93. The Morgan fingerprint density at radius 2 is 2.00 bits per heavy atom. The summed E-state index contributed by atoms with van der Waals surface area (Å²) in [4.78, 5) is 24.4. The summed E-state index contributed by atoms with van der Waals surface area (Å²) in [6, 6.07) is 3.86. The van der Waals surface area contributed by atoms with Gasteiger partial charge in [0.1, 0.15) is 12.4 Å². The molecule has 0 bridgehead atoms. The lowest BCUT2D eigenvalue weighted by Crippen LogP contribution is -2.38. The minimum absolute atomic E-state index is 0.157. The highest BCUT2D eigenvalue weighted by Gasteiger charge is 2.21. The van der Waals surface area contributed by atoms with Crippen molar-refractivity contribution < 1.29 is 19.1 Å². The van der Waals surface area contributed by atoms with Crippen molar-refractivity contribution in [3.8, 4) is 0 Å². The van der Waals surface area contributed by atoms with Crippen LogP contribution in [0, 0.1) is 18.7 Å². The molecule has 5 heteroatoms. The minimum Gasteiger partial charge on any atom is -0.480 e. The van der Waals surface area contributed by atoms with E-state index in [-0.39, 0.29) is 18.4 Å². The monoisotopic (exact) mass is 267 g/mol. The number of hydrogen-bond acceptors (Lipinski definition) is 2. The van der Waals surface area contributed by atoms with Crippen LogP contribution in [0.4, 0.5) is 4.39 Å². The fourth-order valence-corrected chi connectivity index (χ4v) is 1.86. The standard InChI is InChI=1S/C14H18FNO3/c1-9(2)7-16(8-13(17)18)14(19)12-5-4-11(15)6-10(12)3/h4-6,9H,7-8H2,1-3H3,(H,17,18). The van der Waals surface area contributed by atoms with Gasteiger partial charge in [0, 0.05) is 12.1 Å². The third-order valence-corrected chi connectivity index (χ3v) is 2.62.